The molecule has 1 aromatic carbocycles. The second-order valence-corrected chi connectivity index (χ2v) is 4.27. The molecule has 96 valence electrons. The van der Waals surface area contributed by atoms with E-state index in [-0.39, 0.29) is 5.69 Å². The minimum Gasteiger partial charge on any atom is -0.355 e. The third kappa shape index (κ3) is 2.75. The molecule has 0 radical (unpaired) electrons. The van der Waals surface area contributed by atoms with Crippen LogP contribution in [0.4, 0.5) is 11.6 Å². The van der Waals surface area contributed by atoms with Crippen molar-refractivity contribution in [3.63, 3.8) is 0 Å². The summed E-state index contributed by atoms with van der Waals surface area (Å²) < 4.78 is 0. The molecule has 0 aliphatic heterocycles. The largest absolute Gasteiger partial charge is 0.355 e. The van der Waals surface area contributed by atoms with Crippen molar-refractivity contribution in [3.05, 3.63) is 28.3 Å². The minimum atomic E-state index is -0.417. The van der Waals surface area contributed by atoms with E-state index in [1.54, 1.807) is 6.07 Å². The highest BCUT2D eigenvalue weighted by molar-refractivity contribution is 5.79. The van der Waals surface area contributed by atoms with E-state index in [4.69, 9.17) is 0 Å². The van der Waals surface area contributed by atoms with Gasteiger partial charge < -0.3 is 15.2 Å². The smallest absolute Gasteiger partial charge is 0.271 e. The van der Waals surface area contributed by atoms with Gasteiger partial charge in [0.25, 0.3) is 5.69 Å². The number of nitrogens with one attached hydrogen (secondary N) is 2. The summed E-state index contributed by atoms with van der Waals surface area (Å²) in [5.74, 6) is 0.632. The van der Waals surface area contributed by atoms with Gasteiger partial charge in [-0.2, -0.15) is 0 Å². The van der Waals surface area contributed by atoms with Crippen LogP contribution < -0.4 is 5.32 Å². The maximum absolute atomic E-state index is 10.6. The highest BCUT2D eigenvalue weighted by atomic mass is 16.6. The average molecular weight is 249 g/mol. The number of anilines is 1. The zero-order valence-electron chi connectivity index (χ0n) is 10.3. The number of imidazole rings is 1. The molecule has 7 heteroatoms. The van der Waals surface area contributed by atoms with Crippen molar-refractivity contribution < 1.29 is 4.92 Å². The van der Waals surface area contributed by atoms with Crippen LogP contribution in [0, 0.1) is 10.1 Å². The first kappa shape index (κ1) is 12.3. The van der Waals surface area contributed by atoms with Gasteiger partial charge in [0.05, 0.1) is 16.0 Å². The van der Waals surface area contributed by atoms with Gasteiger partial charge in [0.2, 0.25) is 5.95 Å². The number of likely N-dealkylation sites (N-methyl/N-ethyl adjacent to an activating group) is 1. The molecule has 0 spiro atoms. The molecule has 1 aromatic heterocycles. The van der Waals surface area contributed by atoms with Gasteiger partial charge in [-0.1, -0.05) is 0 Å². The molecule has 0 aliphatic rings. The fraction of sp³-hybridized carbons (Fsp3) is 0.364. The Morgan fingerprint density at radius 1 is 1.50 bits per heavy atom. The summed E-state index contributed by atoms with van der Waals surface area (Å²) in [6, 6.07) is 4.58. The topological polar surface area (TPSA) is 87.1 Å². The predicted octanol–water partition coefficient (Wildman–Crippen LogP) is 1.44. The fourth-order valence-electron chi connectivity index (χ4n) is 1.59. The summed E-state index contributed by atoms with van der Waals surface area (Å²) in [4.78, 5) is 19.6. The summed E-state index contributed by atoms with van der Waals surface area (Å²) in [5, 5.41) is 13.8. The molecule has 2 aromatic rings. The lowest BCUT2D eigenvalue weighted by atomic mass is 10.3. The summed E-state index contributed by atoms with van der Waals surface area (Å²) in [7, 11) is 3.98. The number of hydrogen-bond donors (Lipinski definition) is 2. The lowest BCUT2D eigenvalue weighted by Crippen LogP contribution is -2.21. The van der Waals surface area contributed by atoms with Gasteiger partial charge in [-0.05, 0) is 20.2 Å². The summed E-state index contributed by atoms with van der Waals surface area (Å²) >= 11 is 0. The van der Waals surface area contributed by atoms with Crippen molar-refractivity contribution in [2.24, 2.45) is 0 Å². The van der Waals surface area contributed by atoms with Crippen molar-refractivity contribution in [1.82, 2.24) is 14.9 Å². The number of rotatable bonds is 5. The second kappa shape index (κ2) is 5.01. The zero-order valence-corrected chi connectivity index (χ0v) is 10.3. The van der Waals surface area contributed by atoms with Gasteiger partial charge >= 0.3 is 0 Å². The van der Waals surface area contributed by atoms with Gasteiger partial charge in [0.15, 0.2) is 0 Å². The number of nitrogens with zero attached hydrogens (tertiary/aromatic N) is 3. The molecule has 0 saturated carbocycles. The predicted molar refractivity (Wildman–Crippen MR) is 69.8 cm³/mol. The Morgan fingerprint density at radius 3 is 2.94 bits per heavy atom. The van der Waals surface area contributed by atoms with Crippen LogP contribution in [0.25, 0.3) is 11.0 Å². The van der Waals surface area contributed by atoms with E-state index < -0.39 is 4.92 Å². The van der Waals surface area contributed by atoms with Crippen LogP contribution in [0.1, 0.15) is 0 Å². The van der Waals surface area contributed by atoms with Crippen LogP contribution in [0.3, 0.4) is 0 Å². The van der Waals surface area contributed by atoms with Gasteiger partial charge in [-0.3, -0.25) is 10.1 Å². The number of nitro benzene ring substituents is 1. The Kier molecular flexibility index (Phi) is 3.42. The molecule has 0 aliphatic carbocycles. The molecule has 0 atom stereocenters. The van der Waals surface area contributed by atoms with Crippen LogP contribution in [0.15, 0.2) is 18.2 Å². The lowest BCUT2D eigenvalue weighted by Gasteiger charge is -2.08. The number of aromatic amines is 1. The molecular weight excluding hydrogens is 234 g/mol. The van der Waals surface area contributed by atoms with Gasteiger partial charge in [0, 0.05) is 25.2 Å². The van der Waals surface area contributed by atoms with E-state index in [9.17, 15) is 10.1 Å². The second-order valence-electron chi connectivity index (χ2n) is 4.27. The number of benzene rings is 1. The lowest BCUT2D eigenvalue weighted by molar-refractivity contribution is -0.384. The van der Waals surface area contributed by atoms with Gasteiger partial charge in [-0.25, -0.2) is 4.98 Å². The zero-order chi connectivity index (χ0) is 13.1. The van der Waals surface area contributed by atoms with Crippen molar-refractivity contribution >= 4 is 22.7 Å². The molecule has 0 unspecified atom stereocenters. The van der Waals surface area contributed by atoms with Gasteiger partial charge in [0.1, 0.15) is 0 Å². The van der Waals surface area contributed by atoms with E-state index in [2.05, 4.69) is 20.2 Å². The Bertz CT molecular complexity index is 564. The highest BCUT2D eigenvalue weighted by Gasteiger charge is 2.09. The summed E-state index contributed by atoms with van der Waals surface area (Å²) in [6.07, 6.45) is 0. The molecular formula is C11H15N5O2. The molecule has 0 fully saturated rings. The average Bonchev–Trinajstić information content (AvgIpc) is 2.69. The maximum Gasteiger partial charge on any atom is 0.271 e. The summed E-state index contributed by atoms with van der Waals surface area (Å²) in [5.41, 5.74) is 1.44. The van der Waals surface area contributed by atoms with Crippen LogP contribution in [0.5, 0.6) is 0 Å². The number of non-ortho nitro benzene ring substituents is 1. The number of aromatic nitrogens is 2. The molecule has 2 rings (SSSR count). The Hall–Kier alpha value is -2.15. The number of nitro groups is 1. The van der Waals surface area contributed by atoms with E-state index in [0.717, 1.165) is 13.1 Å². The third-order valence-corrected chi connectivity index (χ3v) is 2.53. The Labute approximate surface area is 104 Å². The quantitative estimate of drug-likeness (QED) is 0.618. The maximum atomic E-state index is 10.6. The molecule has 1 heterocycles. The van der Waals surface area contributed by atoms with Crippen molar-refractivity contribution in [3.8, 4) is 0 Å². The fourth-order valence-corrected chi connectivity index (χ4v) is 1.59. The normalized spacial score (nSPS) is 11.1. The first-order valence-corrected chi connectivity index (χ1v) is 5.59. The molecule has 7 nitrogen and oxygen atoms in total. The standard InChI is InChI=1S/C11H15N5O2/c1-15(2)6-5-12-11-13-9-4-3-8(16(17)18)7-10(9)14-11/h3-4,7H,5-6H2,1-2H3,(H2,12,13,14). The van der Waals surface area contributed by atoms with E-state index >= 15 is 0 Å². The first-order valence-electron chi connectivity index (χ1n) is 5.59. The first-order chi connectivity index (χ1) is 8.56. The van der Waals surface area contributed by atoms with E-state index in [1.807, 2.05) is 14.1 Å². The van der Waals surface area contributed by atoms with Crippen LogP contribution in [-0.4, -0.2) is 47.0 Å². The third-order valence-electron chi connectivity index (χ3n) is 2.53. The minimum absolute atomic E-state index is 0.0611. The van der Waals surface area contributed by atoms with E-state index in [1.165, 1.54) is 12.1 Å². The monoisotopic (exact) mass is 249 g/mol. The van der Waals surface area contributed by atoms with Crippen molar-refractivity contribution in [2.45, 2.75) is 0 Å². The van der Waals surface area contributed by atoms with Crippen LogP contribution >= 0.6 is 0 Å². The number of hydrogen-bond acceptors (Lipinski definition) is 5. The molecule has 0 saturated heterocycles. The molecule has 0 bridgehead atoms. The van der Waals surface area contributed by atoms with Crippen LogP contribution in [0.2, 0.25) is 0 Å². The van der Waals surface area contributed by atoms with Gasteiger partial charge in [-0.15, -0.1) is 0 Å². The molecule has 0 amide bonds. The number of H-pyrrole nitrogens is 1. The van der Waals surface area contributed by atoms with Crippen molar-refractivity contribution in [2.75, 3.05) is 32.5 Å². The van der Waals surface area contributed by atoms with E-state index in [0.29, 0.717) is 17.0 Å². The Morgan fingerprint density at radius 2 is 2.28 bits per heavy atom. The van der Waals surface area contributed by atoms with Crippen LogP contribution in [-0.2, 0) is 0 Å². The number of fused-ring (bicyclic) bond motifs is 1. The Balaban J connectivity index is 2.14. The molecule has 2 N–H and O–H groups in total. The highest BCUT2D eigenvalue weighted by Crippen LogP contribution is 2.20. The molecule has 18 heavy (non-hydrogen) atoms. The van der Waals surface area contributed by atoms with Crippen molar-refractivity contribution in [1.29, 1.82) is 0 Å². The SMILES string of the molecule is CN(C)CCNc1nc2ccc([N+](=O)[O-])cc2[nH]1. The summed E-state index contributed by atoms with van der Waals surface area (Å²) in [6.45, 7) is 1.64.